The highest BCUT2D eigenvalue weighted by Gasteiger charge is 2.14. The molecule has 0 spiro atoms. The number of amides is 1. The fraction of sp³-hybridized carbons (Fsp3) is 0.318. The summed E-state index contributed by atoms with van der Waals surface area (Å²) in [6, 6.07) is 13.4. The Hall–Kier alpha value is -2.51. The van der Waals surface area contributed by atoms with Crippen molar-refractivity contribution in [3.05, 3.63) is 64.4 Å². The van der Waals surface area contributed by atoms with E-state index in [0.29, 0.717) is 21.8 Å². The van der Waals surface area contributed by atoms with Crippen LogP contribution in [0.15, 0.2) is 47.6 Å². The topological polar surface area (TPSA) is 69.0 Å². The minimum Gasteiger partial charge on any atom is -0.484 e. The number of carbonyl (C=O) groups is 1. The van der Waals surface area contributed by atoms with Gasteiger partial charge in [-0.2, -0.15) is 0 Å². The van der Waals surface area contributed by atoms with E-state index in [2.05, 4.69) is 41.5 Å². The lowest BCUT2D eigenvalue weighted by Gasteiger charge is -2.14. The molecule has 1 N–H and O–H groups in total. The van der Waals surface area contributed by atoms with Crippen LogP contribution in [-0.2, 0) is 31.3 Å². The number of hydrogen-bond acceptors (Lipinski definition) is 5. The van der Waals surface area contributed by atoms with Crippen LogP contribution in [-0.4, -0.2) is 26.4 Å². The second kappa shape index (κ2) is 10.5. The van der Waals surface area contributed by atoms with Crippen LogP contribution in [0.1, 0.15) is 30.8 Å². The molecular weight excluding hydrogens is 420 g/mol. The molecule has 158 valence electrons. The molecule has 0 saturated carbocycles. The Bertz CT molecular complexity index is 1000. The highest BCUT2D eigenvalue weighted by atomic mass is 35.5. The van der Waals surface area contributed by atoms with Crippen molar-refractivity contribution >= 4 is 35.0 Å². The van der Waals surface area contributed by atoms with Gasteiger partial charge in [0.25, 0.3) is 0 Å². The molecule has 0 aliphatic carbocycles. The van der Waals surface area contributed by atoms with Gasteiger partial charge >= 0.3 is 0 Å². The Morgan fingerprint density at radius 1 is 1.10 bits per heavy atom. The fourth-order valence-corrected chi connectivity index (χ4v) is 3.93. The number of halogens is 1. The first-order valence-corrected chi connectivity index (χ1v) is 11.2. The van der Waals surface area contributed by atoms with Crippen molar-refractivity contribution in [2.75, 3.05) is 11.1 Å². The van der Waals surface area contributed by atoms with E-state index < -0.39 is 0 Å². The van der Waals surface area contributed by atoms with Crippen LogP contribution in [0.25, 0.3) is 0 Å². The van der Waals surface area contributed by atoms with E-state index >= 15 is 0 Å². The van der Waals surface area contributed by atoms with Crippen molar-refractivity contribution in [2.24, 2.45) is 7.05 Å². The van der Waals surface area contributed by atoms with Crippen molar-refractivity contribution < 1.29 is 9.53 Å². The average molecular weight is 445 g/mol. The summed E-state index contributed by atoms with van der Waals surface area (Å²) in [5, 5.41) is 12.6. The third kappa shape index (κ3) is 5.34. The number of nitrogens with zero attached hydrogens (tertiary/aromatic N) is 3. The number of benzene rings is 2. The second-order valence-electron chi connectivity index (χ2n) is 6.67. The molecule has 0 fully saturated rings. The Morgan fingerprint density at radius 2 is 1.80 bits per heavy atom. The van der Waals surface area contributed by atoms with Gasteiger partial charge < -0.3 is 14.6 Å². The van der Waals surface area contributed by atoms with Gasteiger partial charge in [0.2, 0.25) is 5.91 Å². The maximum atomic E-state index is 12.6. The Balaban J connectivity index is 1.59. The molecule has 2 aromatic carbocycles. The van der Waals surface area contributed by atoms with E-state index in [-0.39, 0.29) is 18.3 Å². The zero-order chi connectivity index (χ0) is 21.5. The van der Waals surface area contributed by atoms with E-state index in [1.807, 2.05) is 29.8 Å². The van der Waals surface area contributed by atoms with E-state index in [1.165, 1.54) is 11.8 Å². The summed E-state index contributed by atoms with van der Waals surface area (Å²) in [5.41, 5.74) is 3.22. The fourth-order valence-electron chi connectivity index (χ4n) is 3.01. The molecule has 0 saturated heterocycles. The number of nitrogens with one attached hydrogen (secondary N) is 1. The molecule has 30 heavy (non-hydrogen) atoms. The predicted molar refractivity (Wildman–Crippen MR) is 121 cm³/mol. The Morgan fingerprint density at radius 3 is 2.47 bits per heavy atom. The predicted octanol–water partition coefficient (Wildman–Crippen LogP) is 4.90. The zero-order valence-electron chi connectivity index (χ0n) is 17.3. The van der Waals surface area contributed by atoms with Crippen molar-refractivity contribution in [1.82, 2.24) is 14.8 Å². The van der Waals surface area contributed by atoms with E-state index in [0.717, 1.165) is 29.7 Å². The van der Waals surface area contributed by atoms with Gasteiger partial charge in [-0.3, -0.25) is 4.79 Å². The molecule has 6 nitrogen and oxygen atoms in total. The van der Waals surface area contributed by atoms with Gasteiger partial charge in [-0.1, -0.05) is 67.5 Å². The van der Waals surface area contributed by atoms with Crippen LogP contribution in [0, 0.1) is 0 Å². The van der Waals surface area contributed by atoms with Gasteiger partial charge in [0, 0.05) is 12.7 Å². The first-order valence-electron chi connectivity index (χ1n) is 9.82. The van der Waals surface area contributed by atoms with Crippen molar-refractivity contribution in [2.45, 2.75) is 38.5 Å². The molecule has 0 aliphatic heterocycles. The zero-order valence-corrected chi connectivity index (χ0v) is 18.9. The maximum Gasteiger partial charge on any atom is 0.234 e. The van der Waals surface area contributed by atoms with Crippen molar-refractivity contribution in [3.8, 4) is 5.75 Å². The molecule has 0 radical (unpaired) electrons. The second-order valence-corrected chi connectivity index (χ2v) is 8.02. The minimum atomic E-state index is -0.0625. The number of rotatable bonds is 9. The number of carbonyl (C=O) groups excluding carboxylic acids is 1. The molecule has 0 aliphatic rings. The number of ether oxygens (including phenoxy) is 1. The number of anilines is 1. The summed E-state index contributed by atoms with van der Waals surface area (Å²) < 4.78 is 7.55. The number of aryl methyl sites for hydroxylation is 2. The standard InChI is InChI=1S/C22H25ClN4O2S/c1-4-15-9-8-10-16(5-2)21(15)24-20(28)14-30-22-26-25-19(27(22)3)13-29-18-12-7-6-11-17(18)23/h6-12H,4-5,13-14H2,1-3H3,(H,24,28). The van der Waals surface area contributed by atoms with Crippen LogP contribution in [0.4, 0.5) is 5.69 Å². The van der Waals surface area contributed by atoms with Gasteiger partial charge in [-0.15, -0.1) is 10.2 Å². The molecule has 3 aromatic rings. The SMILES string of the molecule is CCc1cccc(CC)c1NC(=O)CSc1nnc(COc2ccccc2Cl)n1C. The molecule has 8 heteroatoms. The van der Waals surface area contributed by atoms with E-state index in [9.17, 15) is 4.79 Å². The van der Waals surface area contributed by atoms with Crippen LogP contribution in [0.2, 0.25) is 5.02 Å². The summed E-state index contributed by atoms with van der Waals surface area (Å²) in [4.78, 5) is 12.6. The third-order valence-electron chi connectivity index (χ3n) is 4.71. The lowest BCUT2D eigenvalue weighted by atomic mass is 10.0. The lowest BCUT2D eigenvalue weighted by molar-refractivity contribution is -0.113. The number of hydrogen-bond donors (Lipinski definition) is 1. The summed E-state index contributed by atoms with van der Waals surface area (Å²) in [5.74, 6) is 1.44. The summed E-state index contributed by atoms with van der Waals surface area (Å²) in [6.45, 7) is 4.42. The number of para-hydroxylation sites is 2. The van der Waals surface area contributed by atoms with Crippen LogP contribution in [0.3, 0.4) is 0 Å². The third-order valence-corrected chi connectivity index (χ3v) is 6.05. The first-order chi connectivity index (χ1) is 14.5. The largest absolute Gasteiger partial charge is 0.484 e. The molecule has 1 heterocycles. The smallest absolute Gasteiger partial charge is 0.234 e. The van der Waals surface area contributed by atoms with Gasteiger partial charge in [-0.05, 0) is 36.1 Å². The van der Waals surface area contributed by atoms with Crippen molar-refractivity contribution in [3.63, 3.8) is 0 Å². The van der Waals surface area contributed by atoms with Crippen LogP contribution < -0.4 is 10.1 Å². The maximum absolute atomic E-state index is 12.6. The molecule has 0 unspecified atom stereocenters. The normalized spacial score (nSPS) is 10.8. The Kier molecular flexibility index (Phi) is 7.76. The van der Waals surface area contributed by atoms with Crippen LogP contribution >= 0.6 is 23.4 Å². The molecule has 0 bridgehead atoms. The van der Waals surface area contributed by atoms with Crippen molar-refractivity contribution in [1.29, 1.82) is 0 Å². The van der Waals surface area contributed by atoms with E-state index in [1.54, 1.807) is 12.1 Å². The molecular formula is C22H25ClN4O2S. The molecule has 1 aromatic heterocycles. The van der Waals surface area contributed by atoms with Gasteiger partial charge in [0.15, 0.2) is 11.0 Å². The minimum absolute atomic E-state index is 0.0625. The summed E-state index contributed by atoms with van der Waals surface area (Å²) >= 11 is 7.46. The monoisotopic (exact) mass is 444 g/mol. The lowest BCUT2D eigenvalue weighted by Crippen LogP contribution is -2.17. The van der Waals surface area contributed by atoms with Gasteiger partial charge in [0.05, 0.1) is 10.8 Å². The molecule has 0 atom stereocenters. The Labute approximate surface area is 186 Å². The average Bonchev–Trinajstić information content (AvgIpc) is 3.11. The number of thioether (sulfide) groups is 1. The quantitative estimate of drug-likeness (QED) is 0.475. The highest BCUT2D eigenvalue weighted by Crippen LogP contribution is 2.25. The van der Waals surface area contributed by atoms with Gasteiger partial charge in [-0.25, -0.2) is 0 Å². The molecule has 3 rings (SSSR count). The first kappa shape index (κ1) is 22.2. The highest BCUT2D eigenvalue weighted by molar-refractivity contribution is 7.99. The van der Waals surface area contributed by atoms with Gasteiger partial charge in [0.1, 0.15) is 12.4 Å². The molecule has 1 amide bonds. The summed E-state index contributed by atoms with van der Waals surface area (Å²) in [6.07, 6.45) is 1.74. The summed E-state index contributed by atoms with van der Waals surface area (Å²) in [7, 11) is 1.85. The number of aromatic nitrogens is 3. The van der Waals surface area contributed by atoms with Crippen LogP contribution in [0.5, 0.6) is 5.75 Å². The van der Waals surface area contributed by atoms with E-state index in [4.69, 9.17) is 16.3 Å².